The van der Waals surface area contributed by atoms with E-state index in [0.717, 1.165) is 11.1 Å². The number of aromatic nitrogens is 1. The number of aromatic amines is 1. The highest BCUT2D eigenvalue weighted by atomic mass is 14.6. The average Bonchev–Trinajstić information content (AvgIpc) is 2.75. The Balaban J connectivity index is 2.50. The summed E-state index contributed by atoms with van der Waals surface area (Å²) in [5.74, 6) is 0. The van der Waals surface area contributed by atoms with Gasteiger partial charge in [-0.3, -0.25) is 0 Å². The lowest BCUT2D eigenvalue weighted by Gasteiger charge is -2.04. The van der Waals surface area contributed by atoms with Crippen LogP contribution in [-0.2, 0) is 0 Å². The zero-order chi connectivity index (χ0) is 11.4. The van der Waals surface area contributed by atoms with Gasteiger partial charge in [-0.05, 0) is 24.1 Å². The fraction of sp³-hybridized carbons (Fsp3) is 0.0714. The Hall–Kier alpha value is -2.27. The van der Waals surface area contributed by atoms with E-state index < -0.39 is 0 Å². The largest absolute Gasteiger partial charge is 0.366 e. The van der Waals surface area contributed by atoms with Crippen molar-refractivity contribution in [3.63, 3.8) is 0 Å². The molecule has 2 nitrogen and oxygen atoms in total. The monoisotopic (exact) mass is 208 g/mol. The van der Waals surface area contributed by atoms with Gasteiger partial charge in [0.05, 0.1) is 6.07 Å². The summed E-state index contributed by atoms with van der Waals surface area (Å²) in [6, 6.07) is 10.2. The van der Waals surface area contributed by atoms with Gasteiger partial charge in [0, 0.05) is 29.6 Å². The summed E-state index contributed by atoms with van der Waals surface area (Å²) in [5, 5.41) is 8.53. The van der Waals surface area contributed by atoms with Crippen LogP contribution in [0.2, 0.25) is 0 Å². The van der Waals surface area contributed by atoms with Crippen molar-refractivity contribution in [2.45, 2.75) is 6.92 Å². The maximum atomic E-state index is 8.53. The minimum atomic E-state index is 1.04. The standard InChI is InChI=1S/C14H12N2/c1-11-5-2-3-7-13(11)14-10-16-9-12(14)6-4-8-15/h2-7,9-10,16H,1H3/b6-4-. The molecule has 0 aliphatic heterocycles. The molecule has 0 bridgehead atoms. The number of H-pyrrole nitrogens is 1. The first-order chi connectivity index (χ1) is 7.83. The molecule has 1 N–H and O–H groups in total. The molecule has 0 spiro atoms. The highest BCUT2D eigenvalue weighted by molar-refractivity contribution is 5.77. The highest BCUT2D eigenvalue weighted by Crippen LogP contribution is 2.27. The van der Waals surface area contributed by atoms with Crippen molar-refractivity contribution in [3.05, 3.63) is 53.9 Å². The number of allylic oxidation sites excluding steroid dienone is 1. The molecule has 0 radical (unpaired) electrons. The number of nitrogens with zero attached hydrogens (tertiary/aromatic N) is 1. The van der Waals surface area contributed by atoms with Gasteiger partial charge in [-0.15, -0.1) is 0 Å². The van der Waals surface area contributed by atoms with E-state index in [9.17, 15) is 0 Å². The third-order valence-electron chi connectivity index (χ3n) is 2.55. The lowest BCUT2D eigenvalue weighted by atomic mass is 10.00. The summed E-state index contributed by atoms with van der Waals surface area (Å²) in [6.45, 7) is 2.08. The predicted molar refractivity (Wildman–Crippen MR) is 65.6 cm³/mol. The Bertz CT molecular complexity index is 556. The molecule has 0 aliphatic carbocycles. The Morgan fingerprint density at radius 3 is 2.75 bits per heavy atom. The van der Waals surface area contributed by atoms with Crippen molar-refractivity contribution in [1.82, 2.24) is 4.98 Å². The van der Waals surface area contributed by atoms with Gasteiger partial charge >= 0.3 is 0 Å². The van der Waals surface area contributed by atoms with Gasteiger partial charge in [-0.25, -0.2) is 0 Å². The molecule has 1 heterocycles. The summed E-state index contributed by atoms with van der Waals surface area (Å²) in [6.07, 6.45) is 7.16. The van der Waals surface area contributed by atoms with Crippen molar-refractivity contribution < 1.29 is 0 Å². The van der Waals surface area contributed by atoms with Gasteiger partial charge in [0.25, 0.3) is 0 Å². The number of benzene rings is 1. The molecule has 0 atom stereocenters. The molecular weight excluding hydrogens is 196 g/mol. The lowest BCUT2D eigenvalue weighted by Crippen LogP contribution is -1.82. The first-order valence-electron chi connectivity index (χ1n) is 5.12. The summed E-state index contributed by atoms with van der Waals surface area (Å²) in [7, 11) is 0. The zero-order valence-corrected chi connectivity index (χ0v) is 9.07. The minimum absolute atomic E-state index is 1.04. The van der Waals surface area contributed by atoms with E-state index in [1.807, 2.05) is 36.7 Å². The van der Waals surface area contributed by atoms with Crippen molar-refractivity contribution in [2.24, 2.45) is 0 Å². The molecule has 1 aromatic heterocycles. The van der Waals surface area contributed by atoms with E-state index in [2.05, 4.69) is 24.0 Å². The van der Waals surface area contributed by atoms with E-state index in [4.69, 9.17) is 5.26 Å². The van der Waals surface area contributed by atoms with Crippen molar-refractivity contribution >= 4 is 6.08 Å². The second-order valence-electron chi connectivity index (χ2n) is 3.60. The van der Waals surface area contributed by atoms with Crippen LogP contribution >= 0.6 is 0 Å². The van der Waals surface area contributed by atoms with Gasteiger partial charge in [-0.1, -0.05) is 24.3 Å². The Kier molecular flexibility index (Phi) is 2.88. The molecule has 0 fully saturated rings. The number of rotatable bonds is 2. The molecular formula is C14H12N2. The number of hydrogen-bond acceptors (Lipinski definition) is 1. The van der Waals surface area contributed by atoms with Gasteiger partial charge in [-0.2, -0.15) is 5.26 Å². The van der Waals surface area contributed by atoms with Crippen molar-refractivity contribution in [1.29, 1.82) is 5.26 Å². The fourth-order valence-corrected chi connectivity index (χ4v) is 1.75. The molecule has 0 unspecified atom stereocenters. The summed E-state index contributed by atoms with van der Waals surface area (Å²) >= 11 is 0. The molecule has 0 aliphatic rings. The topological polar surface area (TPSA) is 39.6 Å². The molecule has 2 aromatic rings. The smallest absolute Gasteiger partial charge is 0.0912 e. The quantitative estimate of drug-likeness (QED) is 0.753. The highest BCUT2D eigenvalue weighted by Gasteiger charge is 2.05. The third-order valence-corrected chi connectivity index (χ3v) is 2.55. The summed E-state index contributed by atoms with van der Waals surface area (Å²) < 4.78 is 0. The Morgan fingerprint density at radius 1 is 1.19 bits per heavy atom. The Morgan fingerprint density at radius 2 is 2.00 bits per heavy atom. The van der Waals surface area contributed by atoms with Crippen LogP contribution in [0, 0.1) is 18.3 Å². The number of hydrogen-bond donors (Lipinski definition) is 1. The SMILES string of the molecule is Cc1ccccc1-c1c[nH]cc1/C=C\C#N. The molecule has 1 aromatic carbocycles. The second kappa shape index (κ2) is 4.50. The average molecular weight is 208 g/mol. The third kappa shape index (κ3) is 1.89. The van der Waals surface area contributed by atoms with Crippen LogP contribution in [0.1, 0.15) is 11.1 Å². The van der Waals surface area contributed by atoms with Crippen LogP contribution in [0.15, 0.2) is 42.7 Å². The fourth-order valence-electron chi connectivity index (χ4n) is 1.75. The van der Waals surface area contributed by atoms with Crippen LogP contribution in [0.4, 0.5) is 0 Å². The lowest BCUT2D eigenvalue weighted by molar-refractivity contribution is 1.40. The first kappa shape index (κ1) is 10.3. The van der Waals surface area contributed by atoms with Crippen LogP contribution in [0.25, 0.3) is 17.2 Å². The van der Waals surface area contributed by atoms with E-state index >= 15 is 0 Å². The normalized spacial score (nSPS) is 10.5. The minimum Gasteiger partial charge on any atom is -0.366 e. The van der Waals surface area contributed by atoms with Crippen LogP contribution < -0.4 is 0 Å². The van der Waals surface area contributed by atoms with Gasteiger partial charge in [0.2, 0.25) is 0 Å². The number of nitrogens with one attached hydrogen (secondary N) is 1. The maximum Gasteiger partial charge on any atom is 0.0912 e. The second-order valence-corrected chi connectivity index (χ2v) is 3.60. The maximum absolute atomic E-state index is 8.53. The van der Waals surface area contributed by atoms with Gasteiger partial charge < -0.3 is 4.98 Å². The number of aryl methyl sites for hydroxylation is 1. The Labute approximate surface area is 94.9 Å². The molecule has 0 saturated heterocycles. The van der Waals surface area contributed by atoms with Crippen molar-refractivity contribution in [3.8, 4) is 17.2 Å². The molecule has 16 heavy (non-hydrogen) atoms. The van der Waals surface area contributed by atoms with Crippen LogP contribution in [0.5, 0.6) is 0 Å². The molecule has 0 saturated carbocycles. The zero-order valence-electron chi connectivity index (χ0n) is 9.07. The van der Waals surface area contributed by atoms with Crippen molar-refractivity contribution in [2.75, 3.05) is 0 Å². The molecule has 0 amide bonds. The summed E-state index contributed by atoms with van der Waals surface area (Å²) in [4.78, 5) is 3.07. The molecule has 78 valence electrons. The molecule has 2 heteroatoms. The summed E-state index contributed by atoms with van der Waals surface area (Å²) in [5.41, 5.74) is 4.59. The van der Waals surface area contributed by atoms with E-state index in [1.165, 1.54) is 17.2 Å². The van der Waals surface area contributed by atoms with E-state index in [1.54, 1.807) is 0 Å². The van der Waals surface area contributed by atoms with E-state index in [0.29, 0.717) is 0 Å². The van der Waals surface area contributed by atoms with Crippen LogP contribution in [-0.4, -0.2) is 4.98 Å². The number of nitriles is 1. The van der Waals surface area contributed by atoms with E-state index in [-0.39, 0.29) is 0 Å². The van der Waals surface area contributed by atoms with Gasteiger partial charge in [0.1, 0.15) is 0 Å². The molecule has 2 rings (SSSR count). The predicted octanol–water partition coefficient (Wildman–Crippen LogP) is 3.53. The van der Waals surface area contributed by atoms with Gasteiger partial charge in [0.15, 0.2) is 0 Å². The first-order valence-corrected chi connectivity index (χ1v) is 5.12. The van der Waals surface area contributed by atoms with Crippen LogP contribution in [0.3, 0.4) is 0 Å².